The van der Waals surface area contributed by atoms with Crippen molar-refractivity contribution in [1.29, 1.82) is 0 Å². The van der Waals surface area contributed by atoms with Crippen molar-refractivity contribution in [1.82, 2.24) is 4.90 Å². The number of esters is 1. The van der Waals surface area contributed by atoms with E-state index in [0.29, 0.717) is 17.3 Å². The van der Waals surface area contributed by atoms with Gasteiger partial charge in [-0.05, 0) is 36.9 Å². The summed E-state index contributed by atoms with van der Waals surface area (Å²) in [6, 6.07) is 6.14. The van der Waals surface area contributed by atoms with Crippen LogP contribution in [0, 0.1) is 10.1 Å². The summed E-state index contributed by atoms with van der Waals surface area (Å²) in [6.45, 7) is 1.34. The van der Waals surface area contributed by atoms with Crippen molar-refractivity contribution in [3.63, 3.8) is 0 Å². The van der Waals surface area contributed by atoms with Crippen LogP contribution in [0.25, 0.3) is 6.08 Å². The van der Waals surface area contributed by atoms with Crippen molar-refractivity contribution in [3.05, 3.63) is 57.0 Å². The van der Waals surface area contributed by atoms with E-state index in [4.69, 9.17) is 4.74 Å². The lowest BCUT2D eigenvalue weighted by molar-refractivity contribution is -0.385. The van der Waals surface area contributed by atoms with Crippen molar-refractivity contribution < 1.29 is 24.0 Å². The van der Waals surface area contributed by atoms with E-state index >= 15 is 0 Å². The van der Waals surface area contributed by atoms with Crippen molar-refractivity contribution in [2.75, 3.05) is 13.2 Å². The Hall–Kier alpha value is -2.94. The molecular weight excluding hydrogens is 348 g/mol. The SMILES string of the molecule is CCOC(=O)CN1C(=O)S/C(=C/C=C/c2ccccc2[N+](=O)[O-])C1=O. The molecule has 1 saturated heterocycles. The van der Waals surface area contributed by atoms with Crippen LogP contribution in [0.4, 0.5) is 10.5 Å². The van der Waals surface area contributed by atoms with Crippen LogP contribution in [-0.4, -0.2) is 40.1 Å². The molecule has 1 fully saturated rings. The van der Waals surface area contributed by atoms with Crippen LogP contribution in [0.5, 0.6) is 0 Å². The zero-order valence-corrected chi connectivity index (χ0v) is 14.0. The Morgan fingerprint density at radius 2 is 2.08 bits per heavy atom. The van der Waals surface area contributed by atoms with Gasteiger partial charge in [-0.1, -0.05) is 18.2 Å². The summed E-state index contributed by atoms with van der Waals surface area (Å²) >= 11 is 0.693. The van der Waals surface area contributed by atoms with E-state index in [1.165, 1.54) is 24.3 Å². The Morgan fingerprint density at radius 1 is 1.36 bits per heavy atom. The number of thioether (sulfide) groups is 1. The fourth-order valence-corrected chi connectivity index (χ4v) is 2.81. The number of ether oxygens (including phenoxy) is 1. The first-order chi connectivity index (χ1) is 11.9. The molecule has 0 N–H and O–H groups in total. The largest absolute Gasteiger partial charge is 0.465 e. The molecule has 0 unspecified atom stereocenters. The number of amides is 2. The quantitative estimate of drug-likeness (QED) is 0.331. The molecule has 25 heavy (non-hydrogen) atoms. The van der Waals surface area contributed by atoms with Gasteiger partial charge in [-0.15, -0.1) is 0 Å². The number of benzene rings is 1. The van der Waals surface area contributed by atoms with Crippen LogP contribution in [0.2, 0.25) is 0 Å². The number of imide groups is 1. The molecule has 1 aliphatic rings. The van der Waals surface area contributed by atoms with E-state index in [0.717, 1.165) is 4.90 Å². The van der Waals surface area contributed by atoms with Gasteiger partial charge in [0, 0.05) is 6.07 Å². The van der Waals surface area contributed by atoms with Crippen LogP contribution in [-0.2, 0) is 14.3 Å². The molecule has 8 nitrogen and oxygen atoms in total. The van der Waals surface area contributed by atoms with Gasteiger partial charge in [0.25, 0.3) is 16.8 Å². The van der Waals surface area contributed by atoms with E-state index in [-0.39, 0.29) is 17.2 Å². The fraction of sp³-hybridized carbons (Fsp3) is 0.188. The van der Waals surface area contributed by atoms with Crippen LogP contribution in [0.3, 0.4) is 0 Å². The summed E-state index contributed by atoms with van der Waals surface area (Å²) in [7, 11) is 0. The van der Waals surface area contributed by atoms with E-state index in [1.807, 2.05) is 0 Å². The number of carbonyl (C=O) groups is 3. The molecule has 1 aromatic rings. The lowest BCUT2D eigenvalue weighted by Gasteiger charge is -2.10. The maximum atomic E-state index is 12.1. The molecule has 0 spiro atoms. The first kappa shape index (κ1) is 18.4. The lowest BCUT2D eigenvalue weighted by atomic mass is 10.1. The molecule has 0 aromatic heterocycles. The monoisotopic (exact) mass is 362 g/mol. The third kappa shape index (κ3) is 4.54. The van der Waals surface area contributed by atoms with E-state index < -0.39 is 28.6 Å². The molecule has 0 bridgehead atoms. The van der Waals surface area contributed by atoms with Crippen molar-refractivity contribution in [3.8, 4) is 0 Å². The first-order valence-electron chi connectivity index (χ1n) is 7.25. The predicted molar refractivity (Wildman–Crippen MR) is 91.5 cm³/mol. The summed E-state index contributed by atoms with van der Waals surface area (Å²) in [5.41, 5.74) is 0.303. The number of para-hydroxylation sites is 1. The molecule has 1 aliphatic heterocycles. The summed E-state index contributed by atoms with van der Waals surface area (Å²) in [4.78, 5) is 46.7. The van der Waals surface area contributed by atoms with Gasteiger partial charge in [-0.3, -0.25) is 29.4 Å². The first-order valence-corrected chi connectivity index (χ1v) is 8.06. The highest BCUT2D eigenvalue weighted by Crippen LogP contribution is 2.30. The van der Waals surface area contributed by atoms with Gasteiger partial charge in [-0.25, -0.2) is 0 Å². The topological polar surface area (TPSA) is 107 Å². The van der Waals surface area contributed by atoms with Gasteiger partial charge in [0.05, 0.1) is 22.0 Å². The van der Waals surface area contributed by atoms with Gasteiger partial charge in [0.1, 0.15) is 6.54 Å². The van der Waals surface area contributed by atoms with Gasteiger partial charge in [-0.2, -0.15) is 0 Å². The second-order valence-corrected chi connectivity index (χ2v) is 5.76. The van der Waals surface area contributed by atoms with Crippen LogP contribution in [0.15, 0.2) is 41.3 Å². The Kier molecular flexibility index (Phi) is 6.07. The number of nitro groups is 1. The van der Waals surface area contributed by atoms with E-state index in [1.54, 1.807) is 25.1 Å². The van der Waals surface area contributed by atoms with Crippen molar-refractivity contribution >= 4 is 40.6 Å². The molecule has 130 valence electrons. The van der Waals surface area contributed by atoms with Crippen molar-refractivity contribution in [2.24, 2.45) is 0 Å². The summed E-state index contributed by atoms with van der Waals surface area (Å²) in [5, 5.41) is 10.4. The highest BCUT2D eigenvalue weighted by atomic mass is 32.2. The fourth-order valence-electron chi connectivity index (χ4n) is 2.02. The molecule has 0 atom stereocenters. The van der Waals surface area contributed by atoms with Gasteiger partial charge in [0.15, 0.2) is 0 Å². The molecular formula is C16H14N2O6S. The lowest BCUT2D eigenvalue weighted by Crippen LogP contribution is -2.34. The second kappa shape index (κ2) is 8.25. The van der Waals surface area contributed by atoms with E-state index in [2.05, 4.69) is 0 Å². The van der Waals surface area contributed by atoms with Crippen molar-refractivity contribution in [2.45, 2.75) is 6.92 Å². The minimum Gasteiger partial charge on any atom is -0.465 e. The molecule has 2 rings (SSSR count). The number of hydrogen-bond acceptors (Lipinski definition) is 7. The zero-order valence-electron chi connectivity index (χ0n) is 13.2. The third-order valence-electron chi connectivity index (χ3n) is 3.12. The van der Waals surface area contributed by atoms with Crippen LogP contribution in [0.1, 0.15) is 12.5 Å². The van der Waals surface area contributed by atoms with Crippen LogP contribution < -0.4 is 0 Å². The van der Waals surface area contributed by atoms with Gasteiger partial charge >= 0.3 is 5.97 Å². The Morgan fingerprint density at radius 3 is 2.76 bits per heavy atom. The molecule has 1 heterocycles. The minimum absolute atomic E-state index is 0.0671. The number of rotatable bonds is 6. The summed E-state index contributed by atoms with van der Waals surface area (Å²) in [6.07, 6.45) is 4.30. The highest BCUT2D eigenvalue weighted by molar-refractivity contribution is 8.18. The van der Waals surface area contributed by atoms with Gasteiger partial charge in [0.2, 0.25) is 0 Å². The summed E-state index contributed by atoms with van der Waals surface area (Å²) in [5.74, 6) is -1.27. The zero-order chi connectivity index (χ0) is 18.4. The molecule has 1 aromatic carbocycles. The Labute approximate surface area is 147 Å². The third-order valence-corrected chi connectivity index (χ3v) is 4.05. The number of allylic oxidation sites excluding steroid dienone is 2. The average Bonchev–Trinajstić information content (AvgIpc) is 2.83. The standard InChI is InChI=1S/C16H14N2O6S/c1-2-24-14(19)10-17-15(20)13(25-16(17)21)9-5-7-11-6-3-4-8-12(11)18(22)23/h3-9H,2,10H2,1H3/b7-5+,13-9+. The molecule has 0 radical (unpaired) electrons. The minimum atomic E-state index is -0.665. The highest BCUT2D eigenvalue weighted by Gasteiger charge is 2.36. The number of hydrogen-bond donors (Lipinski definition) is 0. The van der Waals surface area contributed by atoms with Gasteiger partial charge < -0.3 is 4.74 Å². The maximum Gasteiger partial charge on any atom is 0.326 e. The Bertz CT molecular complexity index is 787. The molecule has 9 heteroatoms. The number of carbonyl (C=O) groups excluding carboxylic acids is 3. The normalized spacial score (nSPS) is 16.0. The molecule has 0 saturated carbocycles. The second-order valence-electron chi connectivity index (χ2n) is 4.77. The number of nitro benzene ring substituents is 1. The van der Waals surface area contributed by atoms with Crippen LogP contribution >= 0.6 is 11.8 Å². The summed E-state index contributed by atoms with van der Waals surface area (Å²) < 4.78 is 4.72. The van der Waals surface area contributed by atoms with E-state index in [9.17, 15) is 24.5 Å². The number of nitrogens with zero attached hydrogens (tertiary/aromatic N) is 2. The molecule has 0 aliphatic carbocycles. The Balaban J connectivity index is 2.12. The maximum absolute atomic E-state index is 12.1. The molecule has 2 amide bonds. The average molecular weight is 362 g/mol. The smallest absolute Gasteiger partial charge is 0.326 e. The predicted octanol–water partition coefficient (Wildman–Crippen LogP) is 2.75.